The fourth-order valence-corrected chi connectivity index (χ4v) is 6.65. The third kappa shape index (κ3) is 6.12. The second-order valence-corrected chi connectivity index (χ2v) is 13.6. The van der Waals surface area contributed by atoms with E-state index in [-0.39, 0.29) is 24.2 Å². The van der Waals surface area contributed by atoms with E-state index in [0.29, 0.717) is 0 Å². The molecular formula is C40H41BN2O2. The Labute approximate surface area is 268 Å². The summed E-state index contributed by atoms with van der Waals surface area (Å²) in [5.74, 6) is 0.242. The molecule has 7 rings (SSSR count). The fourth-order valence-electron chi connectivity index (χ4n) is 6.65. The van der Waals surface area contributed by atoms with E-state index in [1.54, 1.807) is 0 Å². The molecule has 2 aliphatic carbocycles. The van der Waals surface area contributed by atoms with Crippen LogP contribution >= 0.6 is 0 Å². The van der Waals surface area contributed by atoms with E-state index in [2.05, 4.69) is 117 Å². The van der Waals surface area contributed by atoms with Gasteiger partial charge in [-0.1, -0.05) is 72.8 Å². The first kappa shape index (κ1) is 29.6. The normalized spacial score (nSPS) is 22.3. The molecule has 226 valence electrons. The number of benzene rings is 2. The summed E-state index contributed by atoms with van der Waals surface area (Å²) in [6, 6.07) is 22.1. The van der Waals surface area contributed by atoms with Crippen molar-refractivity contribution in [3.05, 3.63) is 137 Å². The van der Waals surface area contributed by atoms with Gasteiger partial charge in [0.15, 0.2) is 0 Å². The van der Waals surface area contributed by atoms with Crippen molar-refractivity contribution in [1.29, 1.82) is 0 Å². The molecule has 4 nitrogen and oxygen atoms in total. The molecule has 4 aliphatic rings. The molecule has 1 atom stereocenters. The minimum Gasteiger partial charge on any atom is -0.399 e. The molecule has 1 saturated heterocycles. The number of aromatic nitrogens is 1. The van der Waals surface area contributed by atoms with Crippen molar-refractivity contribution >= 4 is 24.5 Å². The fraction of sp³-hybridized carbons (Fsp3) is 0.300. The molecule has 0 N–H and O–H groups in total. The van der Waals surface area contributed by atoms with Gasteiger partial charge in [0.1, 0.15) is 0 Å². The van der Waals surface area contributed by atoms with Crippen molar-refractivity contribution in [2.24, 2.45) is 4.99 Å². The first-order valence-corrected chi connectivity index (χ1v) is 16.3. The SMILES string of the molecule is CC1(C)OB(C2=CCCC(C3=CC(c4cccc(C5=CN=CCC5)c4)=CC(c4cccc(-c5cccnc5)c4)C3)=C2)OC1(C)C. The minimum absolute atomic E-state index is 0.242. The molecule has 3 aromatic rings. The number of rotatable bonds is 6. The molecule has 0 bridgehead atoms. The molecule has 1 aromatic heterocycles. The van der Waals surface area contributed by atoms with E-state index in [9.17, 15) is 0 Å². The summed E-state index contributed by atoms with van der Waals surface area (Å²) in [4.78, 5) is 8.81. The van der Waals surface area contributed by atoms with E-state index in [1.807, 2.05) is 30.9 Å². The van der Waals surface area contributed by atoms with Gasteiger partial charge in [-0.05, 0) is 128 Å². The van der Waals surface area contributed by atoms with Crippen molar-refractivity contribution in [2.75, 3.05) is 0 Å². The molecule has 1 fully saturated rings. The summed E-state index contributed by atoms with van der Waals surface area (Å²) >= 11 is 0. The molecular weight excluding hydrogens is 551 g/mol. The Bertz CT molecular complexity index is 1780. The van der Waals surface area contributed by atoms with Crippen molar-refractivity contribution in [3.63, 3.8) is 0 Å². The zero-order valence-electron chi connectivity index (χ0n) is 26.8. The van der Waals surface area contributed by atoms with Gasteiger partial charge in [-0.25, -0.2) is 0 Å². The monoisotopic (exact) mass is 592 g/mol. The van der Waals surface area contributed by atoms with Crippen LogP contribution in [0.15, 0.2) is 125 Å². The maximum Gasteiger partial charge on any atom is 0.494 e. The number of allylic oxidation sites excluding steroid dienone is 9. The Morgan fingerprint density at radius 1 is 0.756 bits per heavy atom. The molecule has 0 radical (unpaired) electrons. The van der Waals surface area contributed by atoms with Crippen LogP contribution in [0.25, 0.3) is 22.3 Å². The Balaban J connectivity index is 1.26. The van der Waals surface area contributed by atoms with Crippen LogP contribution in [0.1, 0.15) is 82.4 Å². The lowest BCUT2D eigenvalue weighted by Crippen LogP contribution is -2.41. The Kier molecular flexibility index (Phi) is 7.93. The molecule has 0 amide bonds. The Morgan fingerprint density at radius 2 is 1.51 bits per heavy atom. The largest absolute Gasteiger partial charge is 0.494 e. The third-order valence-corrected chi connectivity index (χ3v) is 9.98. The van der Waals surface area contributed by atoms with Crippen molar-refractivity contribution < 1.29 is 9.31 Å². The second-order valence-electron chi connectivity index (χ2n) is 13.6. The molecule has 1 unspecified atom stereocenters. The number of aliphatic imine (C=N–C) groups is 1. The first-order chi connectivity index (χ1) is 21.8. The smallest absolute Gasteiger partial charge is 0.399 e. The second kappa shape index (κ2) is 12.0. The Morgan fingerprint density at radius 3 is 2.29 bits per heavy atom. The average molecular weight is 593 g/mol. The van der Waals surface area contributed by atoms with Crippen LogP contribution in [-0.4, -0.2) is 29.5 Å². The quantitative estimate of drug-likeness (QED) is 0.268. The summed E-state index contributed by atoms with van der Waals surface area (Å²) in [5.41, 5.74) is 11.9. The predicted octanol–water partition coefficient (Wildman–Crippen LogP) is 9.73. The first-order valence-electron chi connectivity index (χ1n) is 16.3. The maximum absolute atomic E-state index is 6.46. The van der Waals surface area contributed by atoms with Crippen LogP contribution in [-0.2, 0) is 9.31 Å². The van der Waals surface area contributed by atoms with E-state index < -0.39 is 0 Å². The highest BCUT2D eigenvalue weighted by Crippen LogP contribution is 2.43. The number of nitrogens with zero attached hydrogens (tertiary/aromatic N) is 2. The minimum atomic E-state index is -0.363. The molecule has 5 heteroatoms. The van der Waals surface area contributed by atoms with Crippen LogP contribution in [0, 0.1) is 0 Å². The van der Waals surface area contributed by atoms with Gasteiger partial charge in [0.2, 0.25) is 0 Å². The highest BCUT2D eigenvalue weighted by atomic mass is 16.7. The summed E-state index contributed by atoms with van der Waals surface area (Å²) in [6.07, 6.45) is 22.3. The van der Waals surface area contributed by atoms with Crippen LogP contribution in [0.5, 0.6) is 0 Å². The van der Waals surface area contributed by atoms with Gasteiger partial charge < -0.3 is 9.31 Å². The van der Waals surface area contributed by atoms with Gasteiger partial charge in [-0.3, -0.25) is 9.98 Å². The molecule has 45 heavy (non-hydrogen) atoms. The summed E-state index contributed by atoms with van der Waals surface area (Å²) < 4.78 is 12.9. The van der Waals surface area contributed by atoms with Gasteiger partial charge in [0.05, 0.1) is 11.2 Å². The zero-order chi connectivity index (χ0) is 31.0. The summed E-state index contributed by atoms with van der Waals surface area (Å²) in [6.45, 7) is 8.48. The molecule has 2 aromatic carbocycles. The van der Waals surface area contributed by atoms with Gasteiger partial charge in [-0.15, -0.1) is 0 Å². The molecule has 2 aliphatic heterocycles. The van der Waals surface area contributed by atoms with Gasteiger partial charge in [0.25, 0.3) is 0 Å². The lowest BCUT2D eigenvalue weighted by molar-refractivity contribution is 0.00578. The van der Waals surface area contributed by atoms with Crippen LogP contribution in [0.3, 0.4) is 0 Å². The highest BCUT2D eigenvalue weighted by Gasteiger charge is 2.52. The van der Waals surface area contributed by atoms with Gasteiger partial charge >= 0.3 is 7.12 Å². The predicted molar refractivity (Wildman–Crippen MR) is 187 cm³/mol. The topological polar surface area (TPSA) is 43.7 Å². The van der Waals surface area contributed by atoms with Crippen LogP contribution in [0.2, 0.25) is 0 Å². The standard InChI is InChI=1S/C40H41BN2O2/c1-39(2)40(3,4)45-41(44-39)38-17-7-14-32(25-38)37-23-35(30-12-5-10-28(20-30)33-15-8-18-42-26-33)22-36(24-37)31-13-6-11-29(21-31)34-16-9-19-43-27-34/h5-6,8,10-13,15,17-22,24-27,35H,7,9,14,16,23H2,1-4H3. The number of hydrogen-bond donors (Lipinski definition) is 0. The average Bonchev–Trinajstić information content (AvgIpc) is 3.31. The molecule has 0 saturated carbocycles. The summed E-state index contributed by atoms with van der Waals surface area (Å²) in [7, 11) is -0.348. The van der Waals surface area contributed by atoms with E-state index in [4.69, 9.17) is 9.31 Å². The van der Waals surface area contributed by atoms with Crippen molar-refractivity contribution in [3.8, 4) is 11.1 Å². The lowest BCUT2D eigenvalue weighted by Gasteiger charge is -2.32. The lowest BCUT2D eigenvalue weighted by atomic mass is 9.72. The van der Waals surface area contributed by atoms with Crippen LogP contribution in [0.4, 0.5) is 0 Å². The van der Waals surface area contributed by atoms with Crippen LogP contribution < -0.4 is 0 Å². The van der Waals surface area contributed by atoms with Crippen molar-refractivity contribution in [1.82, 2.24) is 4.98 Å². The Hall–Kier alpha value is -4.06. The summed E-state index contributed by atoms with van der Waals surface area (Å²) in [5, 5.41) is 0. The van der Waals surface area contributed by atoms with E-state index >= 15 is 0 Å². The third-order valence-electron chi connectivity index (χ3n) is 9.98. The number of pyridine rings is 1. The van der Waals surface area contributed by atoms with Gasteiger partial charge in [-0.2, -0.15) is 0 Å². The highest BCUT2D eigenvalue weighted by molar-refractivity contribution is 6.55. The van der Waals surface area contributed by atoms with E-state index in [0.717, 1.165) is 43.1 Å². The molecule has 0 spiro atoms. The van der Waals surface area contributed by atoms with Crippen molar-refractivity contribution in [2.45, 2.75) is 76.9 Å². The van der Waals surface area contributed by atoms with Gasteiger partial charge in [0, 0.05) is 30.7 Å². The van der Waals surface area contributed by atoms with E-state index in [1.165, 1.54) is 44.5 Å². The maximum atomic E-state index is 6.46. The number of hydrogen-bond acceptors (Lipinski definition) is 4. The molecule has 3 heterocycles. The zero-order valence-corrected chi connectivity index (χ0v) is 26.8.